The Kier molecular flexibility index (Phi) is 6.99. The van der Waals surface area contributed by atoms with Gasteiger partial charge < -0.3 is 10.0 Å². The number of amides is 1. The Morgan fingerprint density at radius 1 is 1.17 bits per heavy atom. The quantitative estimate of drug-likeness (QED) is 0.745. The van der Waals surface area contributed by atoms with Crippen LogP contribution in [-0.2, 0) is 26.2 Å². The van der Waals surface area contributed by atoms with E-state index in [0.29, 0.717) is 10.6 Å². The highest BCUT2D eigenvalue weighted by molar-refractivity contribution is 7.89. The van der Waals surface area contributed by atoms with Gasteiger partial charge in [-0.2, -0.15) is 4.31 Å². The standard InChI is InChI=1S/C14H19ClN2O5S/c1-3-23(21,22)16(2)9-13(18)17(10-14(19)20)8-11-4-6-12(15)7-5-11/h4-7H,3,8-10H2,1-2H3,(H,19,20). The molecule has 1 amide bonds. The Morgan fingerprint density at radius 2 is 1.74 bits per heavy atom. The molecular formula is C14H19ClN2O5S. The maximum Gasteiger partial charge on any atom is 0.323 e. The molecule has 1 N–H and O–H groups in total. The molecule has 128 valence electrons. The molecule has 0 unspecified atom stereocenters. The van der Waals surface area contributed by atoms with Gasteiger partial charge in [0.25, 0.3) is 0 Å². The van der Waals surface area contributed by atoms with E-state index in [2.05, 4.69) is 0 Å². The van der Waals surface area contributed by atoms with Crippen LogP contribution in [0.15, 0.2) is 24.3 Å². The number of rotatable bonds is 8. The van der Waals surface area contributed by atoms with Gasteiger partial charge in [0.1, 0.15) is 6.54 Å². The summed E-state index contributed by atoms with van der Waals surface area (Å²) in [4.78, 5) is 24.3. The van der Waals surface area contributed by atoms with E-state index in [-0.39, 0.29) is 12.3 Å². The maximum atomic E-state index is 12.3. The van der Waals surface area contributed by atoms with Crippen molar-refractivity contribution in [3.8, 4) is 0 Å². The third-order valence-electron chi connectivity index (χ3n) is 3.16. The molecule has 7 nitrogen and oxygen atoms in total. The Morgan fingerprint density at radius 3 is 2.22 bits per heavy atom. The molecule has 0 aliphatic rings. The number of carboxylic acids is 1. The molecule has 9 heteroatoms. The van der Waals surface area contributed by atoms with Crippen LogP contribution in [0.5, 0.6) is 0 Å². The zero-order chi connectivity index (χ0) is 17.6. The predicted molar refractivity (Wildman–Crippen MR) is 86.6 cm³/mol. The van der Waals surface area contributed by atoms with Crippen LogP contribution in [0.25, 0.3) is 0 Å². The van der Waals surface area contributed by atoms with Crippen molar-refractivity contribution < 1.29 is 23.1 Å². The number of hydrogen-bond donors (Lipinski definition) is 1. The van der Waals surface area contributed by atoms with Crippen LogP contribution in [0.2, 0.25) is 5.02 Å². The molecule has 0 aliphatic heterocycles. The van der Waals surface area contributed by atoms with Gasteiger partial charge in [-0.25, -0.2) is 8.42 Å². The van der Waals surface area contributed by atoms with Gasteiger partial charge >= 0.3 is 5.97 Å². The number of aliphatic carboxylic acids is 1. The highest BCUT2D eigenvalue weighted by atomic mass is 35.5. The van der Waals surface area contributed by atoms with E-state index in [1.807, 2.05) is 0 Å². The number of nitrogens with zero attached hydrogens (tertiary/aromatic N) is 2. The van der Waals surface area contributed by atoms with Gasteiger partial charge in [-0.05, 0) is 24.6 Å². The first kappa shape index (κ1) is 19.4. The van der Waals surface area contributed by atoms with Crippen LogP contribution in [0.3, 0.4) is 0 Å². The fraction of sp³-hybridized carbons (Fsp3) is 0.429. The molecular weight excluding hydrogens is 344 g/mol. The first-order chi connectivity index (χ1) is 10.7. The van der Waals surface area contributed by atoms with Crippen LogP contribution < -0.4 is 0 Å². The van der Waals surface area contributed by atoms with Crippen molar-refractivity contribution >= 4 is 33.5 Å². The van der Waals surface area contributed by atoms with E-state index in [1.54, 1.807) is 24.3 Å². The molecule has 0 saturated heterocycles. The maximum absolute atomic E-state index is 12.3. The summed E-state index contributed by atoms with van der Waals surface area (Å²) >= 11 is 5.78. The topological polar surface area (TPSA) is 95.0 Å². The second-order valence-corrected chi connectivity index (χ2v) is 7.73. The first-order valence-corrected chi connectivity index (χ1v) is 8.82. The first-order valence-electron chi connectivity index (χ1n) is 6.83. The third kappa shape index (κ3) is 6.17. The van der Waals surface area contributed by atoms with Crippen LogP contribution >= 0.6 is 11.6 Å². The highest BCUT2D eigenvalue weighted by Gasteiger charge is 2.23. The number of sulfonamides is 1. The number of carbonyl (C=O) groups is 2. The second-order valence-electron chi connectivity index (χ2n) is 4.93. The van der Waals surface area contributed by atoms with Crippen molar-refractivity contribution in [2.75, 3.05) is 25.9 Å². The van der Waals surface area contributed by atoms with Crippen molar-refractivity contribution in [3.05, 3.63) is 34.9 Å². The number of carboxylic acid groups (broad SMARTS) is 1. The van der Waals surface area contributed by atoms with Gasteiger partial charge in [0.05, 0.1) is 12.3 Å². The Hall–Kier alpha value is -1.64. The summed E-state index contributed by atoms with van der Waals surface area (Å²) in [5, 5.41) is 9.47. The van der Waals surface area contributed by atoms with E-state index in [4.69, 9.17) is 16.7 Å². The van der Waals surface area contributed by atoms with Gasteiger partial charge in [-0.3, -0.25) is 9.59 Å². The van der Waals surface area contributed by atoms with Gasteiger partial charge in [0.15, 0.2) is 0 Å². The Bertz CT molecular complexity index is 660. The summed E-state index contributed by atoms with van der Waals surface area (Å²) in [6.45, 7) is 0.611. The summed E-state index contributed by atoms with van der Waals surface area (Å²) in [7, 11) is -2.22. The average Bonchev–Trinajstić information content (AvgIpc) is 2.48. The van der Waals surface area contributed by atoms with E-state index < -0.39 is 35.0 Å². The Balaban J connectivity index is 2.86. The molecule has 0 spiro atoms. The van der Waals surface area contributed by atoms with Gasteiger partial charge in [-0.1, -0.05) is 23.7 Å². The van der Waals surface area contributed by atoms with E-state index in [1.165, 1.54) is 14.0 Å². The molecule has 0 heterocycles. The molecule has 1 rings (SSSR count). The number of halogens is 1. The lowest BCUT2D eigenvalue weighted by Crippen LogP contribution is -2.43. The lowest BCUT2D eigenvalue weighted by atomic mass is 10.2. The average molecular weight is 363 g/mol. The minimum absolute atomic E-state index is 0.0579. The summed E-state index contributed by atoms with van der Waals surface area (Å²) < 4.78 is 24.3. The van der Waals surface area contributed by atoms with E-state index >= 15 is 0 Å². The number of likely N-dealkylation sites (N-methyl/N-ethyl adjacent to an activating group) is 1. The molecule has 23 heavy (non-hydrogen) atoms. The van der Waals surface area contributed by atoms with Crippen LogP contribution in [-0.4, -0.2) is 60.5 Å². The highest BCUT2D eigenvalue weighted by Crippen LogP contribution is 2.12. The van der Waals surface area contributed by atoms with Crippen LogP contribution in [0.4, 0.5) is 0 Å². The smallest absolute Gasteiger partial charge is 0.323 e. The number of benzene rings is 1. The predicted octanol–water partition coefficient (Wildman–Crippen LogP) is 1.03. The number of hydrogen-bond acceptors (Lipinski definition) is 4. The molecule has 0 aromatic heterocycles. The largest absolute Gasteiger partial charge is 0.480 e. The van der Waals surface area contributed by atoms with Crippen molar-refractivity contribution in [3.63, 3.8) is 0 Å². The summed E-state index contributed by atoms with van der Waals surface area (Å²) in [6.07, 6.45) is 0. The molecule has 0 fully saturated rings. The normalized spacial score (nSPS) is 11.5. The SMILES string of the molecule is CCS(=O)(=O)N(C)CC(=O)N(CC(=O)O)Cc1ccc(Cl)cc1. The zero-order valence-corrected chi connectivity index (χ0v) is 14.5. The molecule has 1 aromatic carbocycles. The van der Waals surface area contributed by atoms with Crippen LogP contribution in [0.1, 0.15) is 12.5 Å². The van der Waals surface area contributed by atoms with Crippen molar-refractivity contribution in [1.82, 2.24) is 9.21 Å². The lowest BCUT2D eigenvalue weighted by molar-refractivity contribution is -0.144. The van der Waals surface area contributed by atoms with Gasteiger partial charge in [-0.15, -0.1) is 0 Å². The fourth-order valence-corrected chi connectivity index (χ4v) is 2.69. The van der Waals surface area contributed by atoms with Crippen molar-refractivity contribution in [2.24, 2.45) is 0 Å². The van der Waals surface area contributed by atoms with Crippen molar-refractivity contribution in [1.29, 1.82) is 0 Å². The van der Waals surface area contributed by atoms with E-state index in [9.17, 15) is 18.0 Å². The monoisotopic (exact) mass is 362 g/mol. The zero-order valence-electron chi connectivity index (χ0n) is 12.9. The minimum atomic E-state index is -3.51. The molecule has 0 aliphatic carbocycles. The fourth-order valence-electron chi connectivity index (χ4n) is 1.81. The summed E-state index contributed by atoms with van der Waals surface area (Å²) in [6, 6.07) is 6.62. The lowest BCUT2D eigenvalue weighted by Gasteiger charge is -2.24. The molecule has 0 radical (unpaired) electrons. The van der Waals surface area contributed by atoms with Gasteiger partial charge in [0, 0.05) is 18.6 Å². The molecule has 0 atom stereocenters. The van der Waals surface area contributed by atoms with Crippen LogP contribution in [0, 0.1) is 0 Å². The minimum Gasteiger partial charge on any atom is -0.480 e. The Labute approximate surface area is 140 Å². The molecule has 0 saturated carbocycles. The molecule has 1 aromatic rings. The third-order valence-corrected chi connectivity index (χ3v) is 5.22. The van der Waals surface area contributed by atoms with E-state index in [0.717, 1.165) is 9.21 Å². The van der Waals surface area contributed by atoms with Crippen molar-refractivity contribution in [2.45, 2.75) is 13.5 Å². The molecule has 0 bridgehead atoms. The summed E-state index contributed by atoms with van der Waals surface area (Å²) in [5.41, 5.74) is 0.699. The number of carbonyl (C=O) groups excluding carboxylic acids is 1. The second kappa shape index (κ2) is 8.28. The van der Waals surface area contributed by atoms with Gasteiger partial charge in [0.2, 0.25) is 15.9 Å². The summed E-state index contributed by atoms with van der Waals surface area (Å²) in [5.74, 6) is -1.89.